The zero-order valence-corrected chi connectivity index (χ0v) is 23.2. The van der Waals surface area contributed by atoms with E-state index in [9.17, 15) is 14.4 Å². The fraction of sp³-hybridized carbons (Fsp3) is 0.516. The van der Waals surface area contributed by atoms with Crippen molar-refractivity contribution in [3.63, 3.8) is 0 Å². The normalized spacial score (nSPS) is 25.2. The molecular weight excluding hydrogens is 482 g/mol. The number of esters is 1. The minimum absolute atomic E-state index is 0.0903. The SMILES string of the molecule is COc1ccc(C(c2ccc(OC)cc2)N2C(=O)C(C(C)=O)C2C(=O)OC2CCCC(C)(C(C)C)C2)cc1. The van der Waals surface area contributed by atoms with Gasteiger partial charge in [0.05, 0.1) is 20.3 Å². The van der Waals surface area contributed by atoms with E-state index < -0.39 is 24.0 Å². The summed E-state index contributed by atoms with van der Waals surface area (Å²) in [5.74, 6) is -0.416. The molecule has 0 bridgehead atoms. The van der Waals surface area contributed by atoms with Crippen LogP contribution in [-0.4, -0.2) is 48.9 Å². The van der Waals surface area contributed by atoms with Crippen LogP contribution in [0.1, 0.15) is 70.5 Å². The largest absolute Gasteiger partial charge is 0.497 e. The summed E-state index contributed by atoms with van der Waals surface area (Å²) < 4.78 is 16.7. The summed E-state index contributed by atoms with van der Waals surface area (Å²) in [6, 6.07) is 13.2. The summed E-state index contributed by atoms with van der Waals surface area (Å²) in [4.78, 5) is 41.3. The van der Waals surface area contributed by atoms with Gasteiger partial charge in [0.15, 0.2) is 0 Å². The molecule has 1 heterocycles. The number of hydrogen-bond acceptors (Lipinski definition) is 6. The number of rotatable bonds is 9. The van der Waals surface area contributed by atoms with Gasteiger partial charge in [-0.25, -0.2) is 4.79 Å². The van der Waals surface area contributed by atoms with Crippen LogP contribution in [0.5, 0.6) is 11.5 Å². The van der Waals surface area contributed by atoms with Gasteiger partial charge in [0.25, 0.3) is 0 Å². The van der Waals surface area contributed by atoms with Crippen molar-refractivity contribution in [2.24, 2.45) is 17.3 Å². The molecular formula is C31H39NO6. The van der Waals surface area contributed by atoms with E-state index in [1.54, 1.807) is 14.2 Å². The summed E-state index contributed by atoms with van der Waals surface area (Å²) in [6.45, 7) is 8.03. The molecule has 38 heavy (non-hydrogen) atoms. The standard InChI is InChI=1S/C31H39NO6/c1-19(2)31(4)17-7-8-25(18-31)38-30(35)28-26(20(3)33)29(34)32(28)27(21-9-13-23(36-5)14-10-21)22-11-15-24(37-6)16-12-22/h9-16,19,25-28H,7-8,17-18H2,1-6H3. The quantitative estimate of drug-likeness (QED) is 0.251. The Kier molecular flexibility index (Phi) is 8.14. The average molecular weight is 522 g/mol. The first-order valence-electron chi connectivity index (χ1n) is 13.4. The van der Waals surface area contributed by atoms with E-state index in [-0.39, 0.29) is 23.2 Å². The Morgan fingerprint density at radius 3 is 1.92 bits per heavy atom. The Morgan fingerprint density at radius 2 is 1.47 bits per heavy atom. The molecule has 1 saturated carbocycles. The minimum atomic E-state index is -1.04. The first kappa shape index (κ1) is 27.7. The van der Waals surface area contributed by atoms with Crippen LogP contribution >= 0.6 is 0 Å². The zero-order chi connectivity index (χ0) is 27.6. The number of nitrogens with zero attached hydrogens (tertiary/aromatic N) is 1. The molecule has 7 nitrogen and oxygen atoms in total. The highest BCUT2D eigenvalue weighted by atomic mass is 16.5. The van der Waals surface area contributed by atoms with Crippen LogP contribution in [0.2, 0.25) is 0 Å². The summed E-state index contributed by atoms with van der Waals surface area (Å²) >= 11 is 0. The van der Waals surface area contributed by atoms with Crippen LogP contribution in [0.15, 0.2) is 48.5 Å². The van der Waals surface area contributed by atoms with E-state index in [1.807, 2.05) is 48.5 Å². The van der Waals surface area contributed by atoms with Crippen molar-refractivity contribution >= 4 is 17.7 Å². The summed E-state index contributed by atoms with van der Waals surface area (Å²) in [6.07, 6.45) is 3.42. The molecule has 1 amide bonds. The van der Waals surface area contributed by atoms with Gasteiger partial charge in [0, 0.05) is 0 Å². The molecule has 1 saturated heterocycles. The fourth-order valence-corrected chi connectivity index (χ4v) is 5.85. The van der Waals surface area contributed by atoms with Crippen molar-refractivity contribution in [1.82, 2.24) is 4.90 Å². The second-order valence-electron chi connectivity index (χ2n) is 11.2. The van der Waals surface area contributed by atoms with Crippen LogP contribution in [0.4, 0.5) is 0 Å². The Hall–Kier alpha value is -3.35. The molecule has 0 radical (unpaired) electrons. The number of β-lactam (4-membered cyclic amide) rings is 1. The van der Waals surface area contributed by atoms with E-state index in [2.05, 4.69) is 20.8 Å². The third kappa shape index (κ3) is 5.29. The first-order chi connectivity index (χ1) is 18.1. The predicted molar refractivity (Wildman–Crippen MR) is 144 cm³/mol. The maximum atomic E-state index is 13.7. The lowest BCUT2D eigenvalue weighted by atomic mass is 9.67. The van der Waals surface area contributed by atoms with E-state index >= 15 is 0 Å². The molecule has 0 N–H and O–H groups in total. The van der Waals surface area contributed by atoms with Crippen molar-refractivity contribution in [1.29, 1.82) is 0 Å². The van der Waals surface area contributed by atoms with Crippen molar-refractivity contribution in [2.75, 3.05) is 14.2 Å². The Bertz CT molecular complexity index is 1110. The van der Waals surface area contributed by atoms with Gasteiger partial charge in [-0.1, -0.05) is 45.0 Å². The molecule has 7 heteroatoms. The maximum Gasteiger partial charge on any atom is 0.330 e. The molecule has 1 aliphatic heterocycles. The average Bonchev–Trinajstić information content (AvgIpc) is 2.89. The lowest BCUT2D eigenvalue weighted by Gasteiger charge is -2.49. The summed E-state index contributed by atoms with van der Waals surface area (Å²) in [5, 5.41) is 0. The minimum Gasteiger partial charge on any atom is -0.497 e. The van der Waals surface area contributed by atoms with Crippen LogP contribution in [0.3, 0.4) is 0 Å². The second kappa shape index (κ2) is 11.2. The molecule has 2 aliphatic rings. The van der Waals surface area contributed by atoms with Crippen molar-refractivity contribution < 1.29 is 28.6 Å². The van der Waals surface area contributed by atoms with Crippen molar-refractivity contribution in [2.45, 2.75) is 71.6 Å². The third-order valence-electron chi connectivity index (χ3n) is 8.60. The van der Waals surface area contributed by atoms with Gasteiger partial charge in [0.1, 0.15) is 35.3 Å². The second-order valence-corrected chi connectivity index (χ2v) is 11.2. The number of ether oxygens (including phenoxy) is 3. The smallest absolute Gasteiger partial charge is 0.330 e. The van der Waals surface area contributed by atoms with Crippen molar-refractivity contribution in [3.8, 4) is 11.5 Å². The molecule has 0 aromatic heterocycles. The molecule has 4 atom stereocenters. The van der Waals surface area contributed by atoms with E-state index in [1.165, 1.54) is 11.8 Å². The molecule has 204 valence electrons. The third-order valence-corrected chi connectivity index (χ3v) is 8.60. The number of carbonyl (C=O) groups excluding carboxylic acids is 3. The van der Waals surface area contributed by atoms with E-state index in [4.69, 9.17) is 14.2 Å². The number of likely N-dealkylation sites (tertiary alicyclic amines) is 1. The summed E-state index contributed by atoms with van der Waals surface area (Å²) in [5.41, 5.74) is 1.69. The Morgan fingerprint density at radius 1 is 0.947 bits per heavy atom. The number of carbonyl (C=O) groups is 3. The van der Waals surface area contributed by atoms with E-state index in [0.717, 1.165) is 36.8 Å². The number of amides is 1. The topological polar surface area (TPSA) is 82.1 Å². The first-order valence-corrected chi connectivity index (χ1v) is 13.4. The molecule has 4 rings (SSSR count). The van der Waals surface area contributed by atoms with Crippen LogP contribution in [0.25, 0.3) is 0 Å². The molecule has 2 fully saturated rings. The number of hydrogen-bond donors (Lipinski definition) is 0. The predicted octanol–water partition coefficient (Wildman–Crippen LogP) is 5.36. The highest BCUT2D eigenvalue weighted by Crippen LogP contribution is 2.45. The molecule has 2 aromatic carbocycles. The van der Waals surface area contributed by atoms with Gasteiger partial charge in [-0.3, -0.25) is 9.59 Å². The number of ketones is 1. The van der Waals surface area contributed by atoms with Gasteiger partial charge in [-0.2, -0.15) is 0 Å². The lowest BCUT2D eigenvalue weighted by molar-refractivity contribution is -0.184. The molecule has 2 aromatic rings. The number of methoxy groups -OCH3 is 2. The molecule has 1 aliphatic carbocycles. The van der Waals surface area contributed by atoms with Gasteiger partial charge in [-0.15, -0.1) is 0 Å². The number of Topliss-reactive ketones (excluding diaryl/α,β-unsaturated/α-hetero) is 1. The van der Waals surface area contributed by atoms with Gasteiger partial charge in [-0.05, 0) is 79.3 Å². The van der Waals surface area contributed by atoms with Gasteiger partial charge in [0.2, 0.25) is 5.91 Å². The number of benzene rings is 2. The van der Waals surface area contributed by atoms with Crippen LogP contribution < -0.4 is 9.47 Å². The highest BCUT2D eigenvalue weighted by molar-refractivity contribution is 6.11. The van der Waals surface area contributed by atoms with Crippen LogP contribution in [-0.2, 0) is 19.1 Å². The Balaban J connectivity index is 1.68. The van der Waals surface area contributed by atoms with Crippen LogP contribution in [0, 0.1) is 17.3 Å². The highest BCUT2D eigenvalue weighted by Gasteiger charge is 2.58. The van der Waals surface area contributed by atoms with Gasteiger partial charge >= 0.3 is 5.97 Å². The lowest BCUT2D eigenvalue weighted by Crippen LogP contribution is -2.67. The maximum absolute atomic E-state index is 13.7. The monoisotopic (exact) mass is 521 g/mol. The summed E-state index contributed by atoms with van der Waals surface area (Å²) in [7, 11) is 3.18. The van der Waals surface area contributed by atoms with E-state index in [0.29, 0.717) is 17.4 Å². The van der Waals surface area contributed by atoms with Gasteiger partial charge < -0.3 is 19.1 Å². The Labute approximate surface area is 225 Å². The molecule has 4 unspecified atom stereocenters. The fourth-order valence-electron chi connectivity index (χ4n) is 5.85. The zero-order valence-electron chi connectivity index (χ0n) is 23.2. The molecule has 0 spiro atoms. The van der Waals surface area contributed by atoms with Crippen molar-refractivity contribution in [3.05, 3.63) is 59.7 Å².